The van der Waals surface area contributed by atoms with Gasteiger partial charge in [0.05, 0.1) is 21.1 Å². The van der Waals surface area contributed by atoms with Gasteiger partial charge in [-0.3, -0.25) is 0 Å². The van der Waals surface area contributed by atoms with Gasteiger partial charge in [0.15, 0.2) is 0 Å². The van der Waals surface area contributed by atoms with Crippen molar-refractivity contribution in [3.8, 4) is 19.5 Å². The second-order valence-electron chi connectivity index (χ2n) is 7.95. The average Bonchev–Trinajstić information content (AvgIpc) is 3.52. The van der Waals surface area contributed by atoms with Gasteiger partial charge in [-0.1, -0.05) is 33.1 Å². The van der Waals surface area contributed by atoms with Crippen molar-refractivity contribution in [3.63, 3.8) is 0 Å². The van der Waals surface area contributed by atoms with Crippen molar-refractivity contribution in [1.29, 1.82) is 0 Å². The summed E-state index contributed by atoms with van der Waals surface area (Å²) in [6.07, 6.45) is 4.55. The quantitative estimate of drug-likeness (QED) is 0.219. The molecular weight excluding hydrogens is 461 g/mol. The van der Waals surface area contributed by atoms with E-state index < -0.39 is 0 Å². The molecule has 0 radical (unpaired) electrons. The van der Waals surface area contributed by atoms with Gasteiger partial charge in [-0.05, 0) is 56.5 Å². The Morgan fingerprint density at radius 2 is 1.61 bits per heavy atom. The molecule has 2 nitrogen and oxygen atoms in total. The Hall–Kier alpha value is -1.47. The molecule has 0 aliphatic heterocycles. The third-order valence-electron chi connectivity index (χ3n) is 5.51. The second kappa shape index (κ2) is 9.99. The molecule has 0 fully saturated rings. The molecule has 0 amide bonds. The number of ether oxygens (including phenoxy) is 1. The first-order valence-corrected chi connectivity index (χ1v) is 14.1. The number of unbranched alkanes of at least 4 members (excludes halogenated alkanes) is 1. The molecule has 0 bridgehead atoms. The van der Waals surface area contributed by atoms with E-state index >= 15 is 0 Å². The molecule has 1 unspecified atom stereocenters. The Morgan fingerprint density at radius 1 is 0.935 bits per heavy atom. The fourth-order valence-corrected chi connectivity index (χ4v) is 8.20. The van der Waals surface area contributed by atoms with Gasteiger partial charge in [0.1, 0.15) is 4.88 Å². The Kier molecular flexibility index (Phi) is 7.32. The Bertz CT molecular complexity index is 1100. The van der Waals surface area contributed by atoms with Gasteiger partial charge in [-0.25, -0.2) is 4.79 Å². The lowest BCUT2D eigenvalue weighted by molar-refractivity contribution is 0.0434. The molecule has 31 heavy (non-hydrogen) atoms. The lowest BCUT2D eigenvalue weighted by Crippen LogP contribution is -2.13. The number of aryl methyl sites for hydroxylation is 2. The van der Waals surface area contributed by atoms with Crippen LogP contribution in [-0.4, -0.2) is 12.6 Å². The van der Waals surface area contributed by atoms with E-state index in [9.17, 15) is 4.79 Å². The smallest absolute Gasteiger partial charge is 0.348 e. The van der Waals surface area contributed by atoms with E-state index in [-0.39, 0.29) is 5.97 Å². The normalized spacial score (nSPS) is 12.5. The van der Waals surface area contributed by atoms with Gasteiger partial charge in [-0.15, -0.1) is 45.3 Å². The standard InChI is InChI=1S/C25H28O2S4/c1-5-7-8-17(6-2)14-27-25(26)21-13-18-22(19-11-9-15(3)28-19)31-24(23(18)30-21)20-12-10-16(4)29-20/h9-13,17H,5-8,14H2,1-4H3. The fraction of sp³-hybridized carbons (Fsp3) is 0.400. The molecule has 0 aliphatic carbocycles. The summed E-state index contributed by atoms with van der Waals surface area (Å²) >= 11 is 7.06. The average molecular weight is 489 g/mol. The van der Waals surface area contributed by atoms with Crippen LogP contribution in [-0.2, 0) is 4.74 Å². The molecule has 0 N–H and O–H groups in total. The highest BCUT2D eigenvalue weighted by Gasteiger charge is 2.22. The minimum atomic E-state index is -0.178. The zero-order valence-corrected chi connectivity index (χ0v) is 21.7. The molecule has 0 saturated heterocycles. The van der Waals surface area contributed by atoms with Crippen molar-refractivity contribution in [1.82, 2.24) is 0 Å². The predicted octanol–water partition coefficient (Wildman–Crippen LogP) is 9.41. The van der Waals surface area contributed by atoms with Crippen molar-refractivity contribution in [2.24, 2.45) is 5.92 Å². The predicted molar refractivity (Wildman–Crippen MR) is 139 cm³/mol. The highest BCUT2D eigenvalue weighted by Crippen LogP contribution is 2.50. The van der Waals surface area contributed by atoms with Crippen molar-refractivity contribution in [3.05, 3.63) is 45.0 Å². The van der Waals surface area contributed by atoms with Crippen molar-refractivity contribution >= 4 is 61.4 Å². The number of esters is 1. The summed E-state index contributed by atoms with van der Waals surface area (Å²) in [6, 6.07) is 10.8. The van der Waals surface area contributed by atoms with Crippen LogP contribution in [0.4, 0.5) is 0 Å². The third kappa shape index (κ3) is 4.98. The number of hydrogen-bond acceptors (Lipinski definition) is 6. The molecule has 4 heterocycles. The molecule has 4 rings (SSSR count). The number of carbonyl (C=O) groups excluding carboxylic acids is 1. The van der Waals surface area contributed by atoms with Crippen LogP contribution < -0.4 is 0 Å². The van der Waals surface area contributed by atoms with Crippen LogP contribution in [0.2, 0.25) is 0 Å². The zero-order chi connectivity index (χ0) is 22.0. The molecule has 0 aliphatic rings. The fourth-order valence-electron chi connectivity index (χ4n) is 3.65. The van der Waals surface area contributed by atoms with Gasteiger partial charge < -0.3 is 4.74 Å². The molecular formula is C25H28O2S4. The summed E-state index contributed by atoms with van der Waals surface area (Å²) in [5.41, 5.74) is 0. The molecule has 4 aromatic heterocycles. The first-order valence-electron chi connectivity index (χ1n) is 10.9. The largest absolute Gasteiger partial charge is 0.461 e. The van der Waals surface area contributed by atoms with E-state index in [0.29, 0.717) is 17.4 Å². The van der Waals surface area contributed by atoms with E-state index in [1.807, 2.05) is 34.0 Å². The van der Waals surface area contributed by atoms with Crippen molar-refractivity contribution in [2.75, 3.05) is 6.61 Å². The number of fused-ring (bicyclic) bond motifs is 1. The van der Waals surface area contributed by atoms with Gasteiger partial charge in [0.25, 0.3) is 0 Å². The van der Waals surface area contributed by atoms with Gasteiger partial charge in [-0.2, -0.15) is 0 Å². The SMILES string of the molecule is CCCCC(CC)COC(=O)c1cc2c(-c3ccc(C)s3)sc(-c3ccc(C)s3)c2s1. The van der Waals surface area contributed by atoms with Crippen LogP contribution in [0.1, 0.15) is 59.0 Å². The summed E-state index contributed by atoms with van der Waals surface area (Å²) in [7, 11) is 0. The van der Waals surface area contributed by atoms with Crippen LogP contribution in [0.5, 0.6) is 0 Å². The lowest BCUT2D eigenvalue weighted by atomic mass is 10.0. The maximum absolute atomic E-state index is 12.9. The van der Waals surface area contributed by atoms with Gasteiger partial charge in [0.2, 0.25) is 0 Å². The van der Waals surface area contributed by atoms with E-state index in [4.69, 9.17) is 4.74 Å². The first-order chi connectivity index (χ1) is 15.0. The molecule has 4 aromatic rings. The highest BCUT2D eigenvalue weighted by molar-refractivity contribution is 7.32. The maximum Gasteiger partial charge on any atom is 0.348 e. The molecule has 0 aromatic carbocycles. The summed E-state index contributed by atoms with van der Waals surface area (Å²) in [6.45, 7) is 9.19. The number of carbonyl (C=O) groups is 1. The van der Waals surface area contributed by atoms with Gasteiger partial charge in [0, 0.05) is 24.9 Å². The first kappa shape index (κ1) is 22.7. The van der Waals surface area contributed by atoms with Crippen molar-refractivity contribution in [2.45, 2.75) is 53.4 Å². The molecule has 0 saturated carbocycles. The van der Waals surface area contributed by atoms with Gasteiger partial charge >= 0.3 is 5.97 Å². The lowest BCUT2D eigenvalue weighted by Gasteiger charge is -2.14. The number of thiophene rings is 4. The zero-order valence-electron chi connectivity index (χ0n) is 18.4. The monoisotopic (exact) mass is 488 g/mol. The minimum Gasteiger partial charge on any atom is -0.461 e. The molecule has 0 spiro atoms. The molecule has 164 valence electrons. The van der Waals surface area contributed by atoms with Crippen LogP contribution in [0.25, 0.3) is 29.6 Å². The van der Waals surface area contributed by atoms with Crippen LogP contribution in [0, 0.1) is 19.8 Å². The summed E-state index contributed by atoms with van der Waals surface area (Å²) in [5.74, 6) is 0.279. The second-order valence-corrected chi connectivity index (χ2v) is 12.6. The van der Waals surface area contributed by atoms with E-state index in [1.165, 1.54) is 52.2 Å². The summed E-state index contributed by atoms with van der Waals surface area (Å²) in [4.78, 5) is 21.3. The Labute approximate surface area is 200 Å². The van der Waals surface area contributed by atoms with Crippen LogP contribution >= 0.6 is 45.3 Å². The molecule has 1 atom stereocenters. The van der Waals surface area contributed by atoms with E-state index in [2.05, 4.69) is 58.0 Å². The summed E-state index contributed by atoms with van der Waals surface area (Å²) < 4.78 is 6.96. The van der Waals surface area contributed by atoms with Crippen LogP contribution in [0.15, 0.2) is 30.3 Å². The molecule has 6 heteroatoms. The summed E-state index contributed by atoms with van der Waals surface area (Å²) in [5, 5.41) is 1.18. The third-order valence-corrected chi connectivity index (χ3v) is 10.3. The van der Waals surface area contributed by atoms with Crippen LogP contribution in [0.3, 0.4) is 0 Å². The Balaban J connectivity index is 1.66. The van der Waals surface area contributed by atoms with E-state index in [1.54, 1.807) is 11.3 Å². The highest BCUT2D eigenvalue weighted by atomic mass is 32.1. The van der Waals surface area contributed by atoms with Crippen molar-refractivity contribution < 1.29 is 9.53 Å². The Morgan fingerprint density at radius 3 is 2.19 bits per heavy atom. The van der Waals surface area contributed by atoms with E-state index in [0.717, 1.165) is 12.8 Å². The number of rotatable bonds is 9. The topological polar surface area (TPSA) is 26.3 Å². The number of hydrogen-bond donors (Lipinski definition) is 0. The maximum atomic E-state index is 12.9. The minimum absolute atomic E-state index is 0.178.